The van der Waals surface area contributed by atoms with Crippen LogP contribution in [-0.2, 0) is 6.54 Å². The van der Waals surface area contributed by atoms with Crippen LogP contribution in [0.3, 0.4) is 0 Å². The third-order valence-corrected chi connectivity index (χ3v) is 3.77. The molecular formula is C14H18BrN3. The van der Waals surface area contributed by atoms with Crippen molar-refractivity contribution in [2.45, 2.75) is 27.3 Å². The number of aryl methyl sites for hydroxylation is 1. The van der Waals surface area contributed by atoms with Gasteiger partial charge < -0.3 is 5.32 Å². The summed E-state index contributed by atoms with van der Waals surface area (Å²) in [4.78, 5) is 0. The van der Waals surface area contributed by atoms with E-state index in [1.807, 2.05) is 12.1 Å². The number of hydrogen-bond donors (Lipinski definition) is 1. The van der Waals surface area contributed by atoms with Crippen LogP contribution in [0.5, 0.6) is 0 Å². The number of anilines is 1. The van der Waals surface area contributed by atoms with Gasteiger partial charge in [0.2, 0.25) is 0 Å². The minimum Gasteiger partial charge on any atom is -0.383 e. The third-order valence-electron chi connectivity index (χ3n) is 3.24. The second-order valence-electron chi connectivity index (χ2n) is 4.45. The average molecular weight is 308 g/mol. The molecule has 18 heavy (non-hydrogen) atoms. The summed E-state index contributed by atoms with van der Waals surface area (Å²) < 4.78 is 3.17. The predicted octanol–water partition coefficient (Wildman–Crippen LogP) is 3.68. The molecule has 3 nitrogen and oxygen atoms in total. The Morgan fingerprint density at radius 1 is 1.17 bits per heavy atom. The Kier molecular flexibility index (Phi) is 4.07. The summed E-state index contributed by atoms with van der Waals surface area (Å²) in [6, 6.07) is 8.21. The Morgan fingerprint density at radius 2 is 1.83 bits per heavy atom. The number of benzene rings is 1. The lowest BCUT2D eigenvalue weighted by Crippen LogP contribution is -2.12. The molecule has 2 aromatic rings. The predicted molar refractivity (Wildman–Crippen MR) is 79.1 cm³/mol. The van der Waals surface area contributed by atoms with Crippen LogP contribution in [-0.4, -0.2) is 16.3 Å². The molecule has 4 heteroatoms. The van der Waals surface area contributed by atoms with Gasteiger partial charge in [0.25, 0.3) is 0 Å². The molecule has 0 aliphatic carbocycles. The molecule has 1 aromatic heterocycles. The molecule has 1 aromatic carbocycles. The zero-order valence-electron chi connectivity index (χ0n) is 11.0. The first-order valence-corrected chi connectivity index (χ1v) is 6.87. The van der Waals surface area contributed by atoms with Crippen molar-refractivity contribution in [1.29, 1.82) is 0 Å². The molecule has 0 saturated carbocycles. The molecule has 0 atom stereocenters. The SMILES string of the molecule is Cc1nn(CCNc2ccc(Br)cc2)c(C)c1C. The van der Waals surface area contributed by atoms with Gasteiger partial charge in [-0.2, -0.15) is 5.10 Å². The first kappa shape index (κ1) is 13.1. The second-order valence-corrected chi connectivity index (χ2v) is 5.37. The van der Waals surface area contributed by atoms with Crippen LogP contribution >= 0.6 is 15.9 Å². The van der Waals surface area contributed by atoms with Gasteiger partial charge in [-0.25, -0.2) is 0 Å². The van der Waals surface area contributed by atoms with Gasteiger partial charge in [-0.3, -0.25) is 4.68 Å². The van der Waals surface area contributed by atoms with Crippen molar-refractivity contribution in [1.82, 2.24) is 9.78 Å². The molecule has 0 radical (unpaired) electrons. The normalized spacial score (nSPS) is 10.7. The lowest BCUT2D eigenvalue weighted by atomic mass is 10.2. The van der Waals surface area contributed by atoms with E-state index < -0.39 is 0 Å². The highest BCUT2D eigenvalue weighted by atomic mass is 79.9. The zero-order chi connectivity index (χ0) is 13.1. The smallest absolute Gasteiger partial charge is 0.0625 e. The van der Waals surface area contributed by atoms with Crippen LogP contribution in [0.2, 0.25) is 0 Å². The number of nitrogens with one attached hydrogen (secondary N) is 1. The summed E-state index contributed by atoms with van der Waals surface area (Å²) >= 11 is 3.43. The van der Waals surface area contributed by atoms with Gasteiger partial charge in [0.1, 0.15) is 0 Å². The first-order valence-electron chi connectivity index (χ1n) is 6.08. The number of hydrogen-bond acceptors (Lipinski definition) is 2. The lowest BCUT2D eigenvalue weighted by molar-refractivity contribution is 0.614. The second kappa shape index (κ2) is 5.57. The summed E-state index contributed by atoms with van der Waals surface area (Å²) in [6.07, 6.45) is 0. The van der Waals surface area contributed by atoms with Crippen LogP contribution in [0.1, 0.15) is 17.0 Å². The summed E-state index contributed by atoms with van der Waals surface area (Å²) in [7, 11) is 0. The summed E-state index contributed by atoms with van der Waals surface area (Å²) in [5.41, 5.74) is 4.80. The largest absolute Gasteiger partial charge is 0.383 e. The summed E-state index contributed by atoms with van der Waals surface area (Å²) in [5.74, 6) is 0. The van der Waals surface area contributed by atoms with Gasteiger partial charge in [0.15, 0.2) is 0 Å². The maximum absolute atomic E-state index is 4.52. The van der Waals surface area contributed by atoms with Crippen molar-refractivity contribution >= 4 is 21.6 Å². The molecule has 1 N–H and O–H groups in total. The molecule has 0 aliphatic rings. The molecule has 96 valence electrons. The number of rotatable bonds is 4. The van der Waals surface area contributed by atoms with Crippen molar-refractivity contribution in [3.63, 3.8) is 0 Å². The van der Waals surface area contributed by atoms with Crippen molar-refractivity contribution in [2.75, 3.05) is 11.9 Å². The summed E-state index contributed by atoms with van der Waals surface area (Å²) in [5, 5.41) is 7.92. The van der Waals surface area contributed by atoms with Crippen LogP contribution in [0.15, 0.2) is 28.7 Å². The maximum Gasteiger partial charge on any atom is 0.0625 e. The quantitative estimate of drug-likeness (QED) is 0.933. The van der Waals surface area contributed by atoms with Crippen molar-refractivity contribution < 1.29 is 0 Å². The first-order chi connectivity index (χ1) is 8.58. The van der Waals surface area contributed by atoms with E-state index in [4.69, 9.17) is 0 Å². The Hall–Kier alpha value is -1.29. The van der Waals surface area contributed by atoms with Gasteiger partial charge in [-0.15, -0.1) is 0 Å². The standard InChI is InChI=1S/C14H18BrN3/c1-10-11(2)17-18(12(10)3)9-8-16-14-6-4-13(15)5-7-14/h4-7,16H,8-9H2,1-3H3. The van der Waals surface area contributed by atoms with Crippen molar-refractivity contribution in [2.24, 2.45) is 0 Å². The summed E-state index contributed by atoms with van der Waals surface area (Å²) in [6.45, 7) is 8.06. The van der Waals surface area contributed by atoms with Gasteiger partial charge >= 0.3 is 0 Å². The van der Waals surface area contributed by atoms with E-state index in [9.17, 15) is 0 Å². The molecule has 0 spiro atoms. The van der Waals surface area contributed by atoms with Gasteiger partial charge in [-0.1, -0.05) is 15.9 Å². The van der Waals surface area contributed by atoms with Gasteiger partial charge in [-0.05, 0) is 50.6 Å². The highest BCUT2D eigenvalue weighted by molar-refractivity contribution is 9.10. The Balaban J connectivity index is 1.92. The minimum atomic E-state index is 0.878. The molecular weight excluding hydrogens is 290 g/mol. The monoisotopic (exact) mass is 307 g/mol. The number of halogens is 1. The molecule has 0 bridgehead atoms. The number of aromatic nitrogens is 2. The average Bonchev–Trinajstić information content (AvgIpc) is 2.60. The van der Waals surface area contributed by atoms with E-state index in [2.05, 4.69) is 63.9 Å². The lowest BCUT2D eigenvalue weighted by Gasteiger charge is -2.08. The number of nitrogens with zero attached hydrogens (tertiary/aromatic N) is 2. The Morgan fingerprint density at radius 3 is 2.39 bits per heavy atom. The fourth-order valence-corrected chi connectivity index (χ4v) is 2.14. The van der Waals surface area contributed by atoms with Gasteiger partial charge in [0.05, 0.1) is 12.2 Å². The van der Waals surface area contributed by atoms with E-state index in [0.29, 0.717) is 0 Å². The molecule has 0 unspecified atom stereocenters. The molecule has 1 heterocycles. The maximum atomic E-state index is 4.52. The fraction of sp³-hybridized carbons (Fsp3) is 0.357. The minimum absolute atomic E-state index is 0.878. The van der Waals surface area contributed by atoms with E-state index >= 15 is 0 Å². The fourth-order valence-electron chi connectivity index (χ4n) is 1.88. The molecule has 2 rings (SSSR count). The zero-order valence-corrected chi connectivity index (χ0v) is 12.6. The van der Waals surface area contributed by atoms with Gasteiger partial charge in [0, 0.05) is 22.4 Å². The van der Waals surface area contributed by atoms with Crippen LogP contribution in [0.25, 0.3) is 0 Å². The van der Waals surface area contributed by atoms with Crippen LogP contribution in [0, 0.1) is 20.8 Å². The molecule has 0 fully saturated rings. The highest BCUT2D eigenvalue weighted by Gasteiger charge is 2.06. The van der Waals surface area contributed by atoms with Crippen LogP contribution in [0.4, 0.5) is 5.69 Å². The molecule has 0 aliphatic heterocycles. The molecule has 0 amide bonds. The van der Waals surface area contributed by atoms with E-state index in [-0.39, 0.29) is 0 Å². The van der Waals surface area contributed by atoms with E-state index in [1.54, 1.807) is 0 Å². The van der Waals surface area contributed by atoms with E-state index in [1.165, 1.54) is 11.3 Å². The Labute approximate surface area is 116 Å². The van der Waals surface area contributed by atoms with E-state index in [0.717, 1.165) is 28.9 Å². The third kappa shape index (κ3) is 2.93. The van der Waals surface area contributed by atoms with Crippen molar-refractivity contribution in [3.8, 4) is 0 Å². The topological polar surface area (TPSA) is 29.9 Å². The van der Waals surface area contributed by atoms with Crippen molar-refractivity contribution in [3.05, 3.63) is 45.7 Å². The highest BCUT2D eigenvalue weighted by Crippen LogP contribution is 2.14. The molecule has 0 saturated heterocycles. The van der Waals surface area contributed by atoms with Crippen LogP contribution < -0.4 is 5.32 Å². The Bertz CT molecular complexity index is 529.